The van der Waals surface area contributed by atoms with Crippen molar-refractivity contribution in [2.75, 3.05) is 6.54 Å². The molecule has 1 aliphatic rings. The van der Waals surface area contributed by atoms with Gasteiger partial charge in [0.1, 0.15) is 0 Å². The molecule has 0 fully saturated rings. The van der Waals surface area contributed by atoms with Crippen LogP contribution in [0.15, 0.2) is 54.6 Å². The quantitative estimate of drug-likeness (QED) is 0.767. The largest absolute Gasteiger partial charge is 0.292 e. The first-order chi connectivity index (χ1) is 8.84. The van der Waals surface area contributed by atoms with E-state index in [-0.39, 0.29) is 0 Å². The van der Waals surface area contributed by atoms with E-state index in [2.05, 4.69) is 66.4 Å². The number of benzene rings is 2. The molecule has 0 N–H and O–H groups in total. The lowest BCUT2D eigenvalue weighted by Gasteiger charge is -2.35. The van der Waals surface area contributed by atoms with Crippen LogP contribution in [0.3, 0.4) is 0 Å². The summed E-state index contributed by atoms with van der Waals surface area (Å²) in [5, 5.41) is 0. The van der Waals surface area contributed by atoms with Gasteiger partial charge in [-0.1, -0.05) is 54.6 Å². The van der Waals surface area contributed by atoms with E-state index in [4.69, 9.17) is 0 Å². The molecular formula is C17H19N. The predicted octanol–water partition coefficient (Wildman–Crippen LogP) is 3.81. The van der Waals surface area contributed by atoms with Gasteiger partial charge in [0.2, 0.25) is 0 Å². The Morgan fingerprint density at radius 1 is 1.00 bits per heavy atom. The molecule has 18 heavy (non-hydrogen) atoms. The second-order valence-corrected chi connectivity index (χ2v) is 5.08. The average molecular weight is 237 g/mol. The van der Waals surface area contributed by atoms with Crippen LogP contribution in [-0.2, 0) is 13.0 Å². The summed E-state index contributed by atoms with van der Waals surface area (Å²) < 4.78 is 0. The molecule has 0 aliphatic carbocycles. The minimum Gasteiger partial charge on any atom is -0.292 e. The maximum atomic E-state index is 2.57. The van der Waals surface area contributed by atoms with Crippen LogP contribution in [0.25, 0.3) is 0 Å². The van der Waals surface area contributed by atoms with Crippen LogP contribution in [0.2, 0.25) is 0 Å². The Morgan fingerprint density at radius 3 is 2.56 bits per heavy atom. The topological polar surface area (TPSA) is 3.24 Å². The minimum absolute atomic E-state index is 0.523. The molecule has 1 unspecified atom stereocenters. The van der Waals surface area contributed by atoms with Gasteiger partial charge in [0.15, 0.2) is 0 Å². The molecule has 1 atom stereocenters. The van der Waals surface area contributed by atoms with E-state index in [1.807, 2.05) is 0 Å². The van der Waals surface area contributed by atoms with Gasteiger partial charge >= 0.3 is 0 Å². The van der Waals surface area contributed by atoms with Crippen LogP contribution >= 0.6 is 0 Å². The maximum absolute atomic E-state index is 2.57. The third-order valence-electron chi connectivity index (χ3n) is 3.95. The zero-order valence-electron chi connectivity index (χ0n) is 10.8. The lowest BCUT2D eigenvalue weighted by atomic mass is 9.93. The van der Waals surface area contributed by atoms with E-state index in [1.54, 1.807) is 0 Å². The molecule has 3 rings (SSSR count). The van der Waals surface area contributed by atoms with Gasteiger partial charge in [-0.2, -0.15) is 0 Å². The molecule has 0 amide bonds. The molecule has 0 aromatic heterocycles. The molecule has 0 saturated heterocycles. The number of hydrogen-bond acceptors (Lipinski definition) is 1. The van der Waals surface area contributed by atoms with Gasteiger partial charge in [-0.05, 0) is 30.0 Å². The van der Waals surface area contributed by atoms with Crippen molar-refractivity contribution < 1.29 is 0 Å². The highest BCUT2D eigenvalue weighted by Gasteiger charge is 2.22. The van der Waals surface area contributed by atoms with Crippen molar-refractivity contribution in [3.63, 3.8) is 0 Å². The summed E-state index contributed by atoms with van der Waals surface area (Å²) in [5.41, 5.74) is 4.43. The average Bonchev–Trinajstić information content (AvgIpc) is 2.43. The molecule has 1 heteroatoms. The fourth-order valence-corrected chi connectivity index (χ4v) is 2.86. The zero-order chi connectivity index (χ0) is 12.4. The number of rotatable bonds is 2. The standard InChI is InChI=1S/C17H19N/c1-14-17-10-6-5-9-16(17)11-12-18(14)13-15-7-3-2-4-8-15/h2-10,14H,11-13H2,1H3. The van der Waals surface area contributed by atoms with Gasteiger partial charge in [-0.15, -0.1) is 0 Å². The van der Waals surface area contributed by atoms with E-state index in [0.717, 1.165) is 13.1 Å². The highest BCUT2D eigenvalue weighted by atomic mass is 15.2. The summed E-state index contributed by atoms with van der Waals surface area (Å²) >= 11 is 0. The normalized spacial score (nSPS) is 19.5. The van der Waals surface area contributed by atoms with Crippen LogP contribution in [0.4, 0.5) is 0 Å². The van der Waals surface area contributed by atoms with Crippen molar-refractivity contribution in [3.05, 3.63) is 71.3 Å². The van der Waals surface area contributed by atoms with Crippen molar-refractivity contribution in [2.24, 2.45) is 0 Å². The van der Waals surface area contributed by atoms with Crippen molar-refractivity contribution >= 4 is 0 Å². The molecule has 92 valence electrons. The van der Waals surface area contributed by atoms with Crippen LogP contribution in [0.1, 0.15) is 29.7 Å². The van der Waals surface area contributed by atoms with E-state index in [9.17, 15) is 0 Å². The first-order valence-corrected chi connectivity index (χ1v) is 6.70. The van der Waals surface area contributed by atoms with Crippen LogP contribution in [0, 0.1) is 0 Å². The Balaban J connectivity index is 1.81. The van der Waals surface area contributed by atoms with Gasteiger partial charge in [-0.3, -0.25) is 4.90 Å². The highest BCUT2D eigenvalue weighted by Crippen LogP contribution is 2.30. The molecule has 0 bridgehead atoms. The minimum atomic E-state index is 0.523. The van der Waals surface area contributed by atoms with Crippen molar-refractivity contribution in [1.82, 2.24) is 4.90 Å². The van der Waals surface area contributed by atoms with Gasteiger partial charge in [0.25, 0.3) is 0 Å². The Labute approximate surface area is 109 Å². The summed E-state index contributed by atoms with van der Waals surface area (Å²) in [4.78, 5) is 2.57. The van der Waals surface area contributed by atoms with Crippen LogP contribution in [-0.4, -0.2) is 11.4 Å². The number of hydrogen-bond donors (Lipinski definition) is 0. The molecule has 1 nitrogen and oxygen atoms in total. The van der Waals surface area contributed by atoms with Crippen molar-refractivity contribution in [3.8, 4) is 0 Å². The fourth-order valence-electron chi connectivity index (χ4n) is 2.86. The van der Waals surface area contributed by atoms with Crippen LogP contribution in [0.5, 0.6) is 0 Å². The first-order valence-electron chi connectivity index (χ1n) is 6.70. The number of fused-ring (bicyclic) bond motifs is 1. The summed E-state index contributed by atoms with van der Waals surface area (Å²) in [6, 6.07) is 20.1. The van der Waals surface area contributed by atoms with E-state index >= 15 is 0 Å². The predicted molar refractivity (Wildman–Crippen MR) is 75.4 cm³/mol. The smallest absolute Gasteiger partial charge is 0.0326 e. The summed E-state index contributed by atoms with van der Waals surface area (Å²) in [5.74, 6) is 0. The Hall–Kier alpha value is -1.60. The lowest BCUT2D eigenvalue weighted by Crippen LogP contribution is -2.33. The second-order valence-electron chi connectivity index (χ2n) is 5.08. The van der Waals surface area contributed by atoms with Crippen molar-refractivity contribution in [2.45, 2.75) is 25.9 Å². The summed E-state index contributed by atoms with van der Waals surface area (Å²) in [7, 11) is 0. The van der Waals surface area contributed by atoms with E-state index in [1.165, 1.54) is 23.1 Å². The van der Waals surface area contributed by atoms with Crippen LogP contribution < -0.4 is 0 Å². The zero-order valence-corrected chi connectivity index (χ0v) is 10.8. The van der Waals surface area contributed by atoms with Gasteiger partial charge < -0.3 is 0 Å². The first kappa shape index (κ1) is 11.5. The van der Waals surface area contributed by atoms with Crippen molar-refractivity contribution in [1.29, 1.82) is 0 Å². The second kappa shape index (κ2) is 4.95. The molecule has 1 aliphatic heterocycles. The Morgan fingerprint density at radius 2 is 1.72 bits per heavy atom. The van der Waals surface area contributed by atoms with E-state index in [0.29, 0.717) is 6.04 Å². The SMILES string of the molecule is CC1c2ccccc2CCN1Cc1ccccc1. The Bertz CT molecular complexity index is 518. The summed E-state index contributed by atoms with van der Waals surface area (Å²) in [6.07, 6.45) is 1.17. The Kier molecular flexibility index (Phi) is 3.16. The fraction of sp³-hybridized carbons (Fsp3) is 0.294. The number of nitrogens with zero attached hydrogens (tertiary/aromatic N) is 1. The molecule has 1 heterocycles. The molecular weight excluding hydrogens is 218 g/mol. The molecule has 0 saturated carbocycles. The molecule has 0 radical (unpaired) electrons. The molecule has 0 spiro atoms. The monoisotopic (exact) mass is 237 g/mol. The van der Waals surface area contributed by atoms with E-state index < -0.39 is 0 Å². The third-order valence-corrected chi connectivity index (χ3v) is 3.95. The highest BCUT2D eigenvalue weighted by molar-refractivity contribution is 5.32. The summed E-state index contributed by atoms with van der Waals surface area (Å²) in [6.45, 7) is 4.53. The lowest BCUT2D eigenvalue weighted by molar-refractivity contribution is 0.189. The van der Waals surface area contributed by atoms with Gasteiger partial charge in [0.05, 0.1) is 0 Å². The molecule has 2 aromatic rings. The van der Waals surface area contributed by atoms with Gasteiger partial charge in [0, 0.05) is 19.1 Å². The van der Waals surface area contributed by atoms with Gasteiger partial charge in [-0.25, -0.2) is 0 Å². The third kappa shape index (κ3) is 2.19. The maximum Gasteiger partial charge on any atom is 0.0326 e. The molecule has 2 aromatic carbocycles.